The number of halogens is 1. The Morgan fingerprint density at radius 1 is 1.10 bits per heavy atom. The lowest BCUT2D eigenvalue weighted by Gasteiger charge is -2.17. The Hall–Kier alpha value is -1.81. The Labute approximate surface area is 128 Å². The Kier molecular flexibility index (Phi) is 4.25. The number of nitrogens with zero attached hydrogens (tertiary/aromatic N) is 1. The van der Waals surface area contributed by atoms with Crippen LogP contribution in [0.5, 0.6) is 0 Å². The minimum atomic E-state index is -0.284. The van der Waals surface area contributed by atoms with Crippen molar-refractivity contribution in [3.05, 3.63) is 59.9 Å². The SMILES string of the molecule is O=C1CCCN1c1cccc(SCc2ccccc2)c1F. The van der Waals surface area contributed by atoms with Gasteiger partial charge in [-0.15, -0.1) is 11.8 Å². The van der Waals surface area contributed by atoms with E-state index >= 15 is 0 Å². The van der Waals surface area contributed by atoms with E-state index in [1.165, 1.54) is 11.8 Å². The lowest BCUT2D eigenvalue weighted by Crippen LogP contribution is -2.24. The molecule has 1 amide bonds. The summed E-state index contributed by atoms with van der Waals surface area (Å²) in [5.74, 6) is 0.447. The van der Waals surface area contributed by atoms with Gasteiger partial charge in [0.25, 0.3) is 0 Å². The highest BCUT2D eigenvalue weighted by molar-refractivity contribution is 7.98. The van der Waals surface area contributed by atoms with Crippen molar-refractivity contribution in [3.8, 4) is 0 Å². The summed E-state index contributed by atoms with van der Waals surface area (Å²) in [6.07, 6.45) is 1.32. The fourth-order valence-corrected chi connectivity index (χ4v) is 3.38. The third-order valence-corrected chi connectivity index (χ3v) is 4.65. The molecule has 21 heavy (non-hydrogen) atoms. The van der Waals surface area contributed by atoms with Crippen molar-refractivity contribution in [2.75, 3.05) is 11.4 Å². The van der Waals surface area contributed by atoms with Gasteiger partial charge in [0.05, 0.1) is 5.69 Å². The van der Waals surface area contributed by atoms with Gasteiger partial charge in [-0.25, -0.2) is 4.39 Å². The van der Waals surface area contributed by atoms with Crippen LogP contribution in [0, 0.1) is 5.82 Å². The van der Waals surface area contributed by atoms with E-state index in [1.807, 2.05) is 36.4 Å². The molecule has 1 aliphatic rings. The smallest absolute Gasteiger partial charge is 0.227 e. The van der Waals surface area contributed by atoms with E-state index < -0.39 is 0 Å². The van der Waals surface area contributed by atoms with Crippen molar-refractivity contribution >= 4 is 23.4 Å². The molecular formula is C17H16FNOS. The molecule has 0 spiro atoms. The number of carbonyl (C=O) groups is 1. The molecular weight excluding hydrogens is 285 g/mol. The second-order valence-corrected chi connectivity index (χ2v) is 6.03. The molecule has 2 nitrogen and oxygen atoms in total. The summed E-state index contributed by atoms with van der Waals surface area (Å²) in [6.45, 7) is 0.614. The summed E-state index contributed by atoms with van der Waals surface area (Å²) in [6, 6.07) is 15.2. The normalized spacial score (nSPS) is 14.7. The number of anilines is 1. The third-order valence-electron chi connectivity index (χ3n) is 3.54. The number of thioether (sulfide) groups is 1. The summed E-state index contributed by atoms with van der Waals surface area (Å²) in [4.78, 5) is 13.9. The van der Waals surface area contributed by atoms with Crippen LogP contribution in [0.2, 0.25) is 0 Å². The van der Waals surface area contributed by atoms with Crippen molar-refractivity contribution in [1.82, 2.24) is 0 Å². The molecule has 0 saturated carbocycles. The van der Waals surface area contributed by atoms with E-state index in [4.69, 9.17) is 0 Å². The summed E-state index contributed by atoms with van der Waals surface area (Å²) in [5, 5.41) is 0. The largest absolute Gasteiger partial charge is 0.310 e. The van der Waals surface area contributed by atoms with E-state index in [0.29, 0.717) is 23.5 Å². The Morgan fingerprint density at radius 3 is 2.62 bits per heavy atom. The van der Waals surface area contributed by atoms with Crippen LogP contribution < -0.4 is 4.90 Å². The van der Waals surface area contributed by atoms with Crippen molar-refractivity contribution in [2.24, 2.45) is 0 Å². The van der Waals surface area contributed by atoms with Crippen LogP contribution in [0.4, 0.5) is 10.1 Å². The number of hydrogen-bond donors (Lipinski definition) is 0. The van der Waals surface area contributed by atoms with Crippen molar-refractivity contribution in [2.45, 2.75) is 23.5 Å². The maximum atomic E-state index is 14.6. The predicted octanol–water partition coefficient (Wildman–Crippen LogP) is 4.24. The predicted molar refractivity (Wildman–Crippen MR) is 84.0 cm³/mol. The molecule has 1 aliphatic heterocycles. The molecule has 0 atom stereocenters. The molecule has 3 rings (SSSR count). The highest BCUT2D eigenvalue weighted by atomic mass is 32.2. The van der Waals surface area contributed by atoms with Gasteiger partial charge in [-0.05, 0) is 24.1 Å². The average Bonchev–Trinajstić information content (AvgIpc) is 2.93. The van der Waals surface area contributed by atoms with Gasteiger partial charge in [0.2, 0.25) is 5.91 Å². The summed E-state index contributed by atoms with van der Waals surface area (Å²) < 4.78 is 14.6. The molecule has 0 aromatic heterocycles. The third kappa shape index (κ3) is 3.10. The van der Waals surface area contributed by atoms with Gasteiger partial charge in [0.1, 0.15) is 0 Å². The summed E-state index contributed by atoms with van der Waals surface area (Å²) in [7, 11) is 0. The minimum absolute atomic E-state index is 0.0131. The fourth-order valence-electron chi connectivity index (χ4n) is 2.46. The van der Waals surface area contributed by atoms with Crippen LogP contribution >= 0.6 is 11.8 Å². The fraction of sp³-hybridized carbons (Fsp3) is 0.235. The monoisotopic (exact) mass is 301 g/mol. The van der Waals surface area contributed by atoms with E-state index in [-0.39, 0.29) is 11.7 Å². The van der Waals surface area contributed by atoms with Gasteiger partial charge < -0.3 is 4.90 Å². The summed E-state index contributed by atoms with van der Waals surface area (Å²) in [5.41, 5.74) is 1.57. The topological polar surface area (TPSA) is 20.3 Å². The molecule has 1 saturated heterocycles. The molecule has 2 aromatic carbocycles. The van der Waals surface area contributed by atoms with Gasteiger partial charge in [-0.3, -0.25) is 4.79 Å². The van der Waals surface area contributed by atoms with Crippen molar-refractivity contribution in [1.29, 1.82) is 0 Å². The molecule has 108 valence electrons. The maximum absolute atomic E-state index is 14.6. The molecule has 1 heterocycles. The van der Waals surface area contributed by atoms with Crippen LogP contribution in [-0.2, 0) is 10.5 Å². The van der Waals surface area contributed by atoms with E-state index in [1.54, 1.807) is 17.0 Å². The maximum Gasteiger partial charge on any atom is 0.227 e. The molecule has 0 bridgehead atoms. The highest BCUT2D eigenvalue weighted by Gasteiger charge is 2.25. The first kappa shape index (κ1) is 14.1. The van der Waals surface area contributed by atoms with Gasteiger partial charge >= 0.3 is 0 Å². The highest BCUT2D eigenvalue weighted by Crippen LogP contribution is 2.32. The van der Waals surface area contributed by atoms with E-state index in [0.717, 1.165) is 17.7 Å². The average molecular weight is 301 g/mol. The first-order valence-electron chi connectivity index (χ1n) is 7.01. The molecule has 0 radical (unpaired) electrons. The van der Waals surface area contributed by atoms with Gasteiger partial charge in [0.15, 0.2) is 5.82 Å². The first-order valence-corrected chi connectivity index (χ1v) is 8.00. The molecule has 0 aliphatic carbocycles. The summed E-state index contributed by atoms with van der Waals surface area (Å²) >= 11 is 1.46. The van der Waals surface area contributed by atoms with Crippen molar-refractivity contribution < 1.29 is 9.18 Å². The van der Waals surface area contributed by atoms with Crippen LogP contribution in [0.1, 0.15) is 18.4 Å². The van der Waals surface area contributed by atoms with Crippen molar-refractivity contribution in [3.63, 3.8) is 0 Å². The van der Waals surface area contributed by atoms with E-state index in [2.05, 4.69) is 0 Å². The zero-order valence-electron chi connectivity index (χ0n) is 11.6. The van der Waals surface area contributed by atoms with Crippen LogP contribution in [0.25, 0.3) is 0 Å². The van der Waals surface area contributed by atoms with Gasteiger partial charge in [-0.1, -0.05) is 36.4 Å². The van der Waals surface area contributed by atoms with Crippen LogP contribution in [0.15, 0.2) is 53.4 Å². The number of rotatable bonds is 4. The lowest BCUT2D eigenvalue weighted by atomic mass is 10.2. The first-order chi connectivity index (χ1) is 10.3. The molecule has 4 heteroatoms. The Bertz CT molecular complexity index is 644. The van der Waals surface area contributed by atoms with E-state index in [9.17, 15) is 9.18 Å². The van der Waals surface area contributed by atoms with Crippen LogP contribution in [-0.4, -0.2) is 12.5 Å². The molecule has 0 N–H and O–H groups in total. The quantitative estimate of drug-likeness (QED) is 0.787. The number of amides is 1. The van der Waals surface area contributed by atoms with Crippen LogP contribution in [0.3, 0.4) is 0 Å². The van der Waals surface area contributed by atoms with Gasteiger partial charge in [0, 0.05) is 23.6 Å². The molecule has 2 aromatic rings. The molecule has 0 unspecified atom stereocenters. The second-order valence-electron chi connectivity index (χ2n) is 5.01. The Morgan fingerprint density at radius 2 is 1.90 bits per heavy atom. The zero-order chi connectivity index (χ0) is 14.7. The lowest BCUT2D eigenvalue weighted by molar-refractivity contribution is -0.117. The standard InChI is InChI=1S/C17H16FNOS/c18-17-14(19-11-5-10-16(19)20)8-4-9-15(17)21-12-13-6-2-1-3-7-13/h1-4,6-9H,5,10-12H2. The number of carbonyl (C=O) groups excluding carboxylic acids is 1. The van der Waals surface area contributed by atoms with Gasteiger partial charge in [-0.2, -0.15) is 0 Å². The number of hydrogen-bond acceptors (Lipinski definition) is 2. The minimum Gasteiger partial charge on any atom is -0.310 e. The molecule has 1 fully saturated rings. The number of benzene rings is 2. The zero-order valence-corrected chi connectivity index (χ0v) is 12.4. The second kappa shape index (κ2) is 6.31. The Balaban J connectivity index is 1.78.